The molecular weight excluding hydrogens is 262 g/mol. The Morgan fingerprint density at radius 3 is 2.71 bits per heavy atom. The van der Waals surface area contributed by atoms with Crippen LogP contribution in [0, 0.1) is 0 Å². The molecule has 3 heteroatoms. The maximum atomic E-state index is 6.52. The third kappa shape index (κ3) is 3.78. The van der Waals surface area contributed by atoms with E-state index in [2.05, 4.69) is 18.2 Å². The van der Waals surface area contributed by atoms with E-state index in [1.54, 1.807) is 0 Å². The van der Waals surface area contributed by atoms with E-state index < -0.39 is 0 Å². The molecule has 21 heavy (non-hydrogen) atoms. The summed E-state index contributed by atoms with van der Waals surface area (Å²) in [6, 6.07) is 8.32. The fourth-order valence-electron chi connectivity index (χ4n) is 3.57. The average Bonchev–Trinajstić information content (AvgIpc) is 2.73. The molecule has 0 bridgehead atoms. The number of nitrogens with two attached hydrogens (primary N) is 1. The van der Waals surface area contributed by atoms with E-state index in [0.29, 0.717) is 12.5 Å². The lowest BCUT2D eigenvalue weighted by molar-refractivity contribution is 0.0606. The maximum Gasteiger partial charge on any atom is 0.122 e. The molecule has 0 saturated heterocycles. The first-order chi connectivity index (χ1) is 10.3. The Morgan fingerprint density at radius 2 is 1.90 bits per heavy atom. The van der Waals surface area contributed by atoms with Crippen LogP contribution in [0.15, 0.2) is 24.3 Å². The molecule has 1 aromatic rings. The van der Waals surface area contributed by atoms with Crippen molar-refractivity contribution < 1.29 is 9.47 Å². The minimum Gasteiger partial charge on any atom is -0.493 e. The Kier molecular flexibility index (Phi) is 4.81. The zero-order valence-electron chi connectivity index (χ0n) is 12.9. The van der Waals surface area contributed by atoms with Gasteiger partial charge in [0.2, 0.25) is 0 Å². The van der Waals surface area contributed by atoms with Gasteiger partial charge in [0, 0.05) is 11.5 Å². The van der Waals surface area contributed by atoms with Gasteiger partial charge >= 0.3 is 0 Å². The van der Waals surface area contributed by atoms with E-state index in [9.17, 15) is 0 Å². The number of hydrogen-bond acceptors (Lipinski definition) is 3. The van der Waals surface area contributed by atoms with Gasteiger partial charge in [0.05, 0.1) is 19.8 Å². The molecule has 1 aromatic carbocycles. The van der Waals surface area contributed by atoms with E-state index in [1.807, 2.05) is 6.07 Å². The van der Waals surface area contributed by atoms with Crippen molar-refractivity contribution in [1.82, 2.24) is 0 Å². The van der Waals surface area contributed by atoms with E-state index in [1.165, 1.54) is 31.2 Å². The third-order valence-electron chi connectivity index (χ3n) is 4.89. The van der Waals surface area contributed by atoms with Gasteiger partial charge < -0.3 is 15.2 Å². The van der Waals surface area contributed by atoms with Gasteiger partial charge in [-0.2, -0.15) is 0 Å². The van der Waals surface area contributed by atoms with Crippen LogP contribution in [-0.2, 0) is 4.74 Å². The third-order valence-corrected chi connectivity index (χ3v) is 4.89. The van der Waals surface area contributed by atoms with Crippen molar-refractivity contribution in [2.45, 2.75) is 56.4 Å². The largest absolute Gasteiger partial charge is 0.493 e. The highest BCUT2D eigenvalue weighted by molar-refractivity contribution is 5.37. The zero-order chi connectivity index (χ0) is 14.5. The Hall–Kier alpha value is -1.06. The topological polar surface area (TPSA) is 44.5 Å². The van der Waals surface area contributed by atoms with Crippen molar-refractivity contribution >= 4 is 0 Å². The molecule has 0 amide bonds. The second-order valence-corrected chi connectivity index (χ2v) is 6.66. The van der Waals surface area contributed by atoms with Crippen LogP contribution >= 0.6 is 0 Å². The van der Waals surface area contributed by atoms with Crippen molar-refractivity contribution in [3.63, 3.8) is 0 Å². The first-order valence-corrected chi connectivity index (χ1v) is 8.35. The van der Waals surface area contributed by atoms with Crippen molar-refractivity contribution in [2.24, 2.45) is 5.73 Å². The molecule has 1 unspecified atom stereocenters. The highest BCUT2D eigenvalue weighted by Crippen LogP contribution is 2.34. The van der Waals surface area contributed by atoms with Crippen molar-refractivity contribution in [1.29, 1.82) is 0 Å². The molecule has 1 saturated carbocycles. The second kappa shape index (κ2) is 6.80. The molecule has 2 N–H and O–H groups in total. The number of para-hydroxylation sites is 1. The monoisotopic (exact) mass is 289 g/mol. The van der Waals surface area contributed by atoms with Crippen LogP contribution in [0.3, 0.4) is 0 Å². The molecule has 3 rings (SSSR count). The summed E-state index contributed by atoms with van der Waals surface area (Å²) in [5.74, 6) is 1.47. The smallest absolute Gasteiger partial charge is 0.122 e. The fourth-order valence-corrected chi connectivity index (χ4v) is 3.57. The van der Waals surface area contributed by atoms with E-state index >= 15 is 0 Å². The Bertz CT molecular complexity index is 452. The average molecular weight is 289 g/mol. The second-order valence-electron chi connectivity index (χ2n) is 6.66. The summed E-state index contributed by atoms with van der Waals surface area (Å²) in [6.07, 6.45) is 8.40. The van der Waals surface area contributed by atoms with Gasteiger partial charge in [-0.05, 0) is 30.9 Å². The van der Waals surface area contributed by atoms with E-state index in [0.717, 1.165) is 38.2 Å². The van der Waals surface area contributed by atoms with Crippen LogP contribution in [0.1, 0.15) is 56.4 Å². The molecule has 1 aliphatic carbocycles. The normalized spacial score (nSPS) is 24.7. The van der Waals surface area contributed by atoms with Gasteiger partial charge in [0.1, 0.15) is 5.75 Å². The predicted molar refractivity (Wildman–Crippen MR) is 84.7 cm³/mol. The van der Waals surface area contributed by atoms with Crippen LogP contribution < -0.4 is 10.5 Å². The van der Waals surface area contributed by atoms with Gasteiger partial charge in [0.15, 0.2) is 0 Å². The fraction of sp³-hybridized carbons (Fsp3) is 0.667. The minimum absolute atomic E-state index is 0.0960. The van der Waals surface area contributed by atoms with Gasteiger partial charge in [-0.25, -0.2) is 0 Å². The van der Waals surface area contributed by atoms with E-state index in [4.69, 9.17) is 15.2 Å². The molecule has 116 valence electrons. The molecule has 3 nitrogen and oxygen atoms in total. The molecule has 0 aromatic heterocycles. The summed E-state index contributed by atoms with van der Waals surface area (Å²) < 4.78 is 11.8. The Labute approximate surface area is 127 Å². The molecule has 1 heterocycles. The number of rotatable bonds is 4. The van der Waals surface area contributed by atoms with Crippen LogP contribution in [0.4, 0.5) is 0 Å². The lowest BCUT2D eigenvalue weighted by atomic mass is 9.92. The lowest BCUT2D eigenvalue weighted by Crippen LogP contribution is -2.44. The van der Waals surface area contributed by atoms with E-state index in [-0.39, 0.29) is 5.54 Å². The van der Waals surface area contributed by atoms with Crippen molar-refractivity contribution in [3.8, 4) is 5.75 Å². The van der Waals surface area contributed by atoms with Gasteiger partial charge in [-0.15, -0.1) is 0 Å². The molecule has 2 aliphatic rings. The number of fused-ring (bicyclic) bond motifs is 1. The summed E-state index contributed by atoms with van der Waals surface area (Å²) >= 11 is 0. The molecule has 1 aliphatic heterocycles. The minimum atomic E-state index is -0.0960. The van der Waals surface area contributed by atoms with Gasteiger partial charge in [-0.3, -0.25) is 0 Å². The number of ether oxygens (including phenoxy) is 2. The van der Waals surface area contributed by atoms with Crippen molar-refractivity contribution in [3.05, 3.63) is 29.8 Å². The number of benzene rings is 1. The highest BCUT2D eigenvalue weighted by Gasteiger charge is 2.28. The standard InChI is InChI=1S/C18H27NO2/c19-18(10-5-1-2-6-11-18)14-20-13-15-9-12-21-17-8-4-3-7-16(15)17/h3-4,7-8,15H,1-2,5-6,9-14,19H2. The van der Waals surface area contributed by atoms with Crippen LogP contribution in [0.2, 0.25) is 0 Å². The lowest BCUT2D eigenvalue weighted by Gasteiger charge is -2.30. The molecule has 1 fully saturated rings. The first-order valence-electron chi connectivity index (χ1n) is 8.35. The number of hydrogen-bond donors (Lipinski definition) is 1. The van der Waals surface area contributed by atoms with Gasteiger partial charge in [-0.1, -0.05) is 43.9 Å². The van der Waals surface area contributed by atoms with Crippen LogP contribution in [0.5, 0.6) is 5.75 Å². The van der Waals surface area contributed by atoms with Crippen LogP contribution in [-0.4, -0.2) is 25.4 Å². The summed E-state index contributed by atoms with van der Waals surface area (Å²) in [7, 11) is 0. The molecule has 0 spiro atoms. The first kappa shape index (κ1) is 14.9. The summed E-state index contributed by atoms with van der Waals surface area (Å²) in [6.45, 7) is 2.25. The van der Waals surface area contributed by atoms with Crippen molar-refractivity contribution in [2.75, 3.05) is 19.8 Å². The van der Waals surface area contributed by atoms with Crippen LogP contribution in [0.25, 0.3) is 0 Å². The predicted octanol–water partition coefficient (Wildman–Crippen LogP) is 3.62. The highest BCUT2D eigenvalue weighted by atomic mass is 16.5. The SMILES string of the molecule is NC1(COCC2CCOc3ccccc32)CCCCCC1. The molecular formula is C18H27NO2. The van der Waals surface area contributed by atoms with Gasteiger partial charge in [0.25, 0.3) is 0 Å². The summed E-state index contributed by atoms with van der Waals surface area (Å²) in [5, 5.41) is 0. The maximum absolute atomic E-state index is 6.52. The quantitative estimate of drug-likeness (QED) is 0.861. The molecule has 1 atom stereocenters. The Morgan fingerprint density at radius 1 is 1.14 bits per heavy atom. The zero-order valence-corrected chi connectivity index (χ0v) is 12.9. The summed E-state index contributed by atoms with van der Waals surface area (Å²) in [4.78, 5) is 0. The Balaban J connectivity index is 1.54. The summed E-state index contributed by atoms with van der Waals surface area (Å²) in [5.41, 5.74) is 7.71. The molecule has 0 radical (unpaired) electrons.